The van der Waals surface area contributed by atoms with Crippen LogP contribution < -0.4 is 9.47 Å². The van der Waals surface area contributed by atoms with Crippen LogP contribution in [0, 0.1) is 11.7 Å². The zero-order chi connectivity index (χ0) is 25.1. The van der Waals surface area contributed by atoms with E-state index >= 15 is 0 Å². The molecule has 0 unspecified atom stereocenters. The number of alkyl halides is 1. The van der Waals surface area contributed by atoms with E-state index in [-0.39, 0.29) is 28.8 Å². The Bertz CT molecular complexity index is 1370. The van der Waals surface area contributed by atoms with Gasteiger partial charge in [-0.2, -0.15) is 0 Å². The Morgan fingerprint density at radius 1 is 1.06 bits per heavy atom. The highest BCUT2D eigenvalue weighted by Gasteiger charge is 2.26. The molecule has 4 aromatic rings. The van der Waals surface area contributed by atoms with Gasteiger partial charge in [0.25, 0.3) is 0 Å². The lowest BCUT2D eigenvalue weighted by molar-refractivity contribution is 0.0755. The van der Waals surface area contributed by atoms with Crippen LogP contribution in [0.4, 0.5) is 8.78 Å². The van der Waals surface area contributed by atoms with Gasteiger partial charge in [0, 0.05) is 35.6 Å². The molecule has 8 heteroatoms. The first-order valence-electron chi connectivity index (χ1n) is 11.8. The molecule has 1 fully saturated rings. The molecule has 0 amide bonds. The van der Waals surface area contributed by atoms with Crippen molar-refractivity contribution in [1.29, 1.82) is 0 Å². The number of phenols is 1. The number of phenolic OH excluding ortho intramolecular Hbond substituents is 1. The Balaban J connectivity index is 1.29. The highest BCUT2D eigenvalue weighted by molar-refractivity contribution is 7.21. The van der Waals surface area contributed by atoms with Crippen molar-refractivity contribution in [2.75, 3.05) is 32.9 Å². The molecule has 186 valence electrons. The van der Waals surface area contributed by atoms with Gasteiger partial charge in [-0.15, -0.1) is 11.3 Å². The van der Waals surface area contributed by atoms with Crippen LogP contribution in [0.1, 0.15) is 21.7 Å². The third-order valence-corrected chi connectivity index (χ3v) is 7.27. The van der Waals surface area contributed by atoms with Gasteiger partial charge in [-0.1, -0.05) is 12.1 Å². The highest BCUT2D eigenvalue weighted by atomic mass is 32.1. The summed E-state index contributed by atoms with van der Waals surface area (Å²) in [4.78, 5) is 15.7. The molecule has 0 bridgehead atoms. The van der Waals surface area contributed by atoms with Gasteiger partial charge in [0.05, 0.1) is 18.8 Å². The maximum absolute atomic E-state index is 14.3. The van der Waals surface area contributed by atoms with Gasteiger partial charge >= 0.3 is 0 Å². The van der Waals surface area contributed by atoms with Gasteiger partial charge in [-0.3, -0.25) is 9.18 Å². The molecule has 36 heavy (non-hydrogen) atoms. The Morgan fingerprint density at radius 2 is 1.81 bits per heavy atom. The van der Waals surface area contributed by atoms with Gasteiger partial charge in [0.15, 0.2) is 5.75 Å². The summed E-state index contributed by atoms with van der Waals surface area (Å²) in [6, 6.07) is 17.7. The van der Waals surface area contributed by atoms with Crippen LogP contribution >= 0.6 is 11.3 Å². The molecule has 0 saturated carbocycles. The summed E-state index contributed by atoms with van der Waals surface area (Å²) in [5.74, 6) is 0.671. The van der Waals surface area contributed by atoms with Crippen molar-refractivity contribution in [1.82, 2.24) is 4.90 Å². The van der Waals surface area contributed by atoms with Gasteiger partial charge < -0.3 is 19.5 Å². The summed E-state index contributed by atoms with van der Waals surface area (Å²) in [5.41, 5.74) is -0.0414. The molecule has 0 atom stereocenters. The molecular weight excluding hydrogens is 484 g/mol. The molecule has 3 aromatic carbocycles. The summed E-state index contributed by atoms with van der Waals surface area (Å²) in [6.45, 7) is 2.83. The standard InChI is InChI=1S/C28H25F2NO4S/c29-15-18-16-31(17-18)12-3-13-34-20-7-9-21(10-8-20)35-27-23-11-6-19(32)14-25(23)36-28(27)26(33)22-4-1-2-5-24(22)30/h1-2,4-11,14,18,32H,3,12-13,15-17H2. The normalized spacial score (nSPS) is 14.1. The third kappa shape index (κ3) is 5.20. The monoisotopic (exact) mass is 509 g/mol. The minimum absolute atomic E-state index is 0.0414. The lowest BCUT2D eigenvalue weighted by atomic mass is 10.0. The maximum Gasteiger partial charge on any atom is 0.209 e. The molecule has 1 N–H and O–H groups in total. The average Bonchev–Trinajstić information content (AvgIpc) is 3.20. The fourth-order valence-electron chi connectivity index (χ4n) is 4.24. The number of thiophene rings is 1. The zero-order valence-corrected chi connectivity index (χ0v) is 20.3. The maximum atomic E-state index is 14.3. The molecule has 2 heterocycles. The minimum atomic E-state index is -0.605. The van der Waals surface area contributed by atoms with E-state index in [4.69, 9.17) is 9.47 Å². The number of aromatic hydroxyl groups is 1. The van der Waals surface area contributed by atoms with Crippen molar-refractivity contribution in [2.45, 2.75) is 6.42 Å². The molecule has 1 aliphatic rings. The van der Waals surface area contributed by atoms with Crippen LogP contribution in [0.15, 0.2) is 66.7 Å². The smallest absolute Gasteiger partial charge is 0.209 e. The second-order valence-electron chi connectivity index (χ2n) is 8.81. The van der Waals surface area contributed by atoms with Gasteiger partial charge in [-0.05, 0) is 61.0 Å². The van der Waals surface area contributed by atoms with Gasteiger partial charge in [-0.25, -0.2) is 4.39 Å². The first-order chi connectivity index (χ1) is 17.5. The fraction of sp³-hybridized carbons (Fsp3) is 0.250. The van der Waals surface area contributed by atoms with Gasteiger partial charge in [0.1, 0.15) is 27.9 Å². The number of likely N-dealkylation sites (tertiary alicyclic amines) is 1. The van der Waals surface area contributed by atoms with Crippen LogP contribution in [0.25, 0.3) is 10.1 Å². The van der Waals surface area contributed by atoms with E-state index in [0.717, 1.165) is 37.4 Å². The van der Waals surface area contributed by atoms with E-state index in [1.165, 1.54) is 24.3 Å². The minimum Gasteiger partial charge on any atom is -0.508 e. The number of benzene rings is 3. The largest absolute Gasteiger partial charge is 0.508 e. The number of halogens is 2. The van der Waals surface area contributed by atoms with E-state index in [1.54, 1.807) is 42.5 Å². The molecule has 1 aliphatic heterocycles. The molecule has 5 nitrogen and oxygen atoms in total. The molecule has 1 saturated heterocycles. The Morgan fingerprint density at radius 3 is 2.56 bits per heavy atom. The topological polar surface area (TPSA) is 59.0 Å². The number of carbonyl (C=O) groups excluding carboxylic acids is 1. The number of rotatable bonds is 10. The average molecular weight is 510 g/mol. The third-order valence-electron chi connectivity index (χ3n) is 6.13. The molecular formula is C28H25F2NO4S. The molecule has 1 aromatic heterocycles. The summed E-state index contributed by atoms with van der Waals surface area (Å²) in [5, 5.41) is 10.6. The number of ether oxygens (including phenoxy) is 2. The quantitative estimate of drug-likeness (QED) is 0.197. The van der Waals surface area contributed by atoms with E-state index in [1.807, 2.05) is 0 Å². The van der Waals surface area contributed by atoms with Crippen molar-refractivity contribution >= 4 is 27.2 Å². The van der Waals surface area contributed by atoms with E-state index in [9.17, 15) is 18.7 Å². The van der Waals surface area contributed by atoms with Crippen LogP contribution in [0.5, 0.6) is 23.0 Å². The van der Waals surface area contributed by atoms with Crippen LogP contribution in [-0.4, -0.2) is 48.7 Å². The van der Waals surface area contributed by atoms with Gasteiger partial charge in [0.2, 0.25) is 5.78 Å². The number of hydrogen-bond donors (Lipinski definition) is 1. The number of carbonyl (C=O) groups is 1. The number of fused-ring (bicyclic) bond motifs is 1. The lowest BCUT2D eigenvalue weighted by Gasteiger charge is -2.37. The first-order valence-corrected chi connectivity index (χ1v) is 12.6. The Hall–Kier alpha value is -3.49. The molecule has 0 aliphatic carbocycles. The molecule has 5 rings (SSSR count). The predicted molar refractivity (Wildman–Crippen MR) is 136 cm³/mol. The summed E-state index contributed by atoms with van der Waals surface area (Å²) in [7, 11) is 0. The van der Waals surface area contributed by atoms with E-state index in [2.05, 4.69) is 4.90 Å². The van der Waals surface area contributed by atoms with Crippen molar-refractivity contribution in [3.8, 4) is 23.0 Å². The van der Waals surface area contributed by atoms with Crippen LogP contribution in [0.2, 0.25) is 0 Å². The molecule has 0 radical (unpaired) electrons. The second-order valence-corrected chi connectivity index (χ2v) is 9.86. The van der Waals surface area contributed by atoms with Crippen LogP contribution in [-0.2, 0) is 0 Å². The molecule has 0 spiro atoms. The number of nitrogens with zero attached hydrogens (tertiary/aromatic N) is 1. The van der Waals surface area contributed by atoms with E-state index in [0.29, 0.717) is 33.9 Å². The summed E-state index contributed by atoms with van der Waals surface area (Å²) in [6.07, 6.45) is 0.854. The second kappa shape index (κ2) is 10.6. The Labute approximate surface area is 211 Å². The van der Waals surface area contributed by atoms with Crippen LogP contribution in [0.3, 0.4) is 0 Å². The van der Waals surface area contributed by atoms with Crippen molar-refractivity contribution < 1.29 is 28.2 Å². The first kappa shape index (κ1) is 24.2. The number of ketones is 1. The SMILES string of the molecule is O=C(c1ccccc1F)c1sc2cc(O)ccc2c1Oc1ccc(OCCCN2CC(CF)C2)cc1. The fourth-order valence-corrected chi connectivity index (χ4v) is 5.35. The van der Waals surface area contributed by atoms with Crippen molar-refractivity contribution in [3.05, 3.63) is 83.0 Å². The zero-order valence-electron chi connectivity index (χ0n) is 19.5. The highest BCUT2D eigenvalue weighted by Crippen LogP contribution is 2.43. The van der Waals surface area contributed by atoms with Crippen molar-refractivity contribution in [3.63, 3.8) is 0 Å². The Kier molecular flexibility index (Phi) is 7.16. The van der Waals surface area contributed by atoms with Crippen molar-refractivity contribution in [2.24, 2.45) is 5.92 Å². The van der Waals surface area contributed by atoms with E-state index < -0.39 is 11.6 Å². The summed E-state index contributed by atoms with van der Waals surface area (Å²) < 4.78 is 39.5. The number of hydrogen-bond acceptors (Lipinski definition) is 6. The predicted octanol–water partition coefficient (Wildman–Crippen LogP) is 6.44. The lowest BCUT2D eigenvalue weighted by Crippen LogP contribution is -2.48. The summed E-state index contributed by atoms with van der Waals surface area (Å²) >= 11 is 1.15.